The quantitative estimate of drug-likeness (QED) is 0.726. The van der Waals surface area contributed by atoms with Crippen LogP contribution in [-0.2, 0) is 6.42 Å². The fourth-order valence-electron chi connectivity index (χ4n) is 2.26. The third-order valence-electron chi connectivity index (χ3n) is 3.46. The molecule has 1 aromatic carbocycles. The first-order valence-electron chi connectivity index (χ1n) is 7.28. The summed E-state index contributed by atoms with van der Waals surface area (Å²) in [6.07, 6.45) is 0.485. The number of aromatic nitrogens is 1. The van der Waals surface area contributed by atoms with Crippen molar-refractivity contribution < 1.29 is 13.6 Å². The number of nitrogens with zero attached hydrogens (tertiary/aromatic N) is 1. The van der Waals surface area contributed by atoms with E-state index in [1.54, 1.807) is 11.3 Å². The van der Waals surface area contributed by atoms with Gasteiger partial charge in [0.1, 0.15) is 11.6 Å². The first kappa shape index (κ1) is 16.7. The fourth-order valence-corrected chi connectivity index (χ4v) is 3.16. The number of rotatable bonds is 5. The van der Waals surface area contributed by atoms with Crippen LogP contribution in [0.2, 0.25) is 5.02 Å². The van der Waals surface area contributed by atoms with Crippen molar-refractivity contribution in [1.82, 2.24) is 10.3 Å². The van der Waals surface area contributed by atoms with Gasteiger partial charge in [0.25, 0.3) is 5.91 Å². The van der Waals surface area contributed by atoms with Crippen molar-refractivity contribution in [2.75, 3.05) is 6.54 Å². The van der Waals surface area contributed by atoms with E-state index in [2.05, 4.69) is 10.3 Å². The molecule has 0 atom stereocenters. The molecule has 124 valence electrons. The van der Waals surface area contributed by atoms with Crippen molar-refractivity contribution in [3.05, 3.63) is 63.6 Å². The molecule has 0 aliphatic carbocycles. The summed E-state index contributed by atoms with van der Waals surface area (Å²) in [5, 5.41) is 4.70. The van der Waals surface area contributed by atoms with Crippen molar-refractivity contribution in [3.8, 4) is 10.8 Å². The second-order valence-electron chi connectivity index (χ2n) is 5.10. The zero-order valence-corrected chi connectivity index (χ0v) is 14.4. The monoisotopic (exact) mass is 364 g/mol. The lowest BCUT2D eigenvalue weighted by atomic mass is 10.2. The van der Waals surface area contributed by atoms with Crippen LogP contribution in [0.25, 0.3) is 10.8 Å². The molecule has 4 nitrogen and oxygen atoms in total. The number of benzene rings is 1. The van der Waals surface area contributed by atoms with Gasteiger partial charge >= 0.3 is 0 Å². The normalized spacial score (nSPS) is 10.8. The average molecular weight is 365 g/mol. The highest BCUT2D eigenvalue weighted by Crippen LogP contribution is 2.26. The maximum atomic E-state index is 13.7. The Morgan fingerprint density at radius 3 is 2.92 bits per heavy atom. The molecule has 24 heavy (non-hydrogen) atoms. The van der Waals surface area contributed by atoms with E-state index in [0.29, 0.717) is 24.6 Å². The van der Waals surface area contributed by atoms with Crippen molar-refractivity contribution >= 4 is 28.8 Å². The van der Waals surface area contributed by atoms with Gasteiger partial charge < -0.3 is 9.73 Å². The second-order valence-corrected chi connectivity index (χ2v) is 6.46. The molecule has 0 saturated heterocycles. The molecule has 0 bridgehead atoms. The maximum Gasteiger partial charge on any atom is 0.255 e. The number of thiophene rings is 1. The standard InChI is InChI=1S/C17H14ClFN2O2S/c1-10-13(21-17(23-10)14-6-3-9-24-14)7-8-20-16(22)15-11(18)4-2-5-12(15)19/h2-6,9H,7-8H2,1H3,(H,20,22). The highest BCUT2D eigenvalue weighted by atomic mass is 35.5. The zero-order valence-electron chi connectivity index (χ0n) is 12.8. The zero-order chi connectivity index (χ0) is 17.1. The van der Waals surface area contributed by atoms with Crippen LogP contribution in [0, 0.1) is 12.7 Å². The molecule has 1 amide bonds. The van der Waals surface area contributed by atoms with Crippen LogP contribution in [-0.4, -0.2) is 17.4 Å². The van der Waals surface area contributed by atoms with Gasteiger partial charge in [-0.05, 0) is 30.5 Å². The van der Waals surface area contributed by atoms with E-state index < -0.39 is 11.7 Å². The largest absolute Gasteiger partial charge is 0.440 e. The van der Waals surface area contributed by atoms with Crippen LogP contribution in [0.3, 0.4) is 0 Å². The summed E-state index contributed by atoms with van der Waals surface area (Å²) in [4.78, 5) is 17.5. The number of halogens is 2. The minimum atomic E-state index is -0.641. The minimum absolute atomic E-state index is 0.0881. The average Bonchev–Trinajstić information content (AvgIpc) is 3.17. The molecule has 0 aliphatic heterocycles. The lowest BCUT2D eigenvalue weighted by Crippen LogP contribution is -2.27. The highest BCUT2D eigenvalue weighted by Gasteiger charge is 2.16. The Morgan fingerprint density at radius 1 is 1.38 bits per heavy atom. The van der Waals surface area contributed by atoms with Gasteiger partial charge in [0, 0.05) is 13.0 Å². The maximum absolute atomic E-state index is 13.7. The molecule has 0 saturated carbocycles. The van der Waals surface area contributed by atoms with E-state index >= 15 is 0 Å². The summed E-state index contributed by atoms with van der Waals surface area (Å²) in [6, 6.07) is 8.00. The lowest BCUT2D eigenvalue weighted by Gasteiger charge is -2.07. The topological polar surface area (TPSA) is 55.1 Å². The number of amides is 1. The summed E-state index contributed by atoms with van der Waals surface area (Å²) in [5.41, 5.74) is 0.619. The van der Waals surface area contributed by atoms with Gasteiger partial charge in [0.15, 0.2) is 0 Å². The van der Waals surface area contributed by atoms with Gasteiger partial charge in [-0.2, -0.15) is 0 Å². The minimum Gasteiger partial charge on any atom is -0.440 e. The van der Waals surface area contributed by atoms with Crippen molar-refractivity contribution in [2.24, 2.45) is 0 Å². The summed E-state index contributed by atoms with van der Waals surface area (Å²) in [6.45, 7) is 2.13. The Labute approximate surface area is 147 Å². The summed E-state index contributed by atoms with van der Waals surface area (Å²) in [7, 11) is 0. The van der Waals surface area contributed by atoms with Gasteiger partial charge in [-0.3, -0.25) is 4.79 Å². The highest BCUT2D eigenvalue weighted by molar-refractivity contribution is 7.13. The van der Waals surface area contributed by atoms with E-state index in [1.807, 2.05) is 24.4 Å². The van der Waals surface area contributed by atoms with Crippen molar-refractivity contribution in [3.63, 3.8) is 0 Å². The van der Waals surface area contributed by atoms with Crippen LogP contribution in [0.4, 0.5) is 4.39 Å². The molecule has 0 unspecified atom stereocenters. The van der Waals surface area contributed by atoms with Crippen molar-refractivity contribution in [1.29, 1.82) is 0 Å². The third-order valence-corrected chi connectivity index (χ3v) is 4.63. The van der Waals surface area contributed by atoms with Crippen LogP contribution >= 0.6 is 22.9 Å². The summed E-state index contributed by atoms with van der Waals surface area (Å²) >= 11 is 7.42. The van der Waals surface area contributed by atoms with Crippen LogP contribution in [0.1, 0.15) is 21.8 Å². The first-order chi connectivity index (χ1) is 11.6. The Balaban J connectivity index is 1.64. The molecular formula is C17H14ClFN2O2S. The Hall–Kier alpha value is -2.18. The van der Waals surface area contributed by atoms with E-state index in [9.17, 15) is 9.18 Å². The summed E-state index contributed by atoms with van der Waals surface area (Å²) < 4.78 is 19.3. The molecule has 1 N–H and O–H groups in total. The Bertz CT molecular complexity index is 841. The van der Waals surface area contributed by atoms with E-state index in [1.165, 1.54) is 18.2 Å². The number of nitrogens with one attached hydrogen (secondary N) is 1. The molecule has 0 spiro atoms. The predicted molar refractivity (Wildman–Crippen MR) is 92.0 cm³/mol. The number of aryl methyl sites for hydroxylation is 1. The molecule has 2 aromatic heterocycles. The molecule has 0 fully saturated rings. The predicted octanol–water partition coefficient (Wildman–Crippen LogP) is 4.48. The molecule has 0 radical (unpaired) electrons. The molecule has 2 heterocycles. The molecule has 0 aliphatic rings. The van der Waals surface area contributed by atoms with E-state index in [0.717, 1.165) is 10.6 Å². The third kappa shape index (κ3) is 3.49. The smallest absolute Gasteiger partial charge is 0.255 e. The van der Waals surface area contributed by atoms with Gasteiger partial charge in [0.05, 0.1) is 21.2 Å². The Kier molecular flexibility index (Phi) is 4.97. The van der Waals surface area contributed by atoms with Gasteiger partial charge in [0.2, 0.25) is 5.89 Å². The SMILES string of the molecule is Cc1oc(-c2cccs2)nc1CCNC(=O)c1c(F)cccc1Cl. The molecule has 3 rings (SSSR count). The number of carbonyl (C=O) groups is 1. The molecular weight excluding hydrogens is 351 g/mol. The van der Waals surface area contributed by atoms with E-state index in [4.69, 9.17) is 16.0 Å². The number of hydrogen-bond acceptors (Lipinski definition) is 4. The van der Waals surface area contributed by atoms with Gasteiger partial charge in [-0.1, -0.05) is 23.7 Å². The second kappa shape index (κ2) is 7.15. The molecule has 7 heteroatoms. The number of hydrogen-bond donors (Lipinski definition) is 1. The Morgan fingerprint density at radius 2 is 2.21 bits per heavy atom. The lowest BCUT2D eigenvalue weighted by molar-refractivity contribution is 0.0950. The van der Waals surface area contributed by atoms with Crippen molar-refractivity contribution in [2.45, 2.75) is 13.3 Å². The summed E-state index contributed by atoms with van der Waals surface area (Å²) in [5.74, 6) is 0.0906. The van der Waals surface area contributed by atoms with Gasteiger partial charge in [-0.25, -0.2) is 9.37 Å². The van der Waals surface area contributed by atoms with Crippen LogP contribution in [0.15, 0.2) is 40.1 Å². The van der Waals surface area contributed by atoms with Gasteiger partial charge in [-0.15, -0.1) is 11.3 Å². The number of carbonyl (C=O) groups excluding carboxylic acids is 1. The first-order valence-corrected chi connectivity index (χ1v) is 8.54. The number of oxazole rings is 1. The van der Waals surface area contributed by atoms with Crippen LogP contribution < -0.4 is 5.32 Å². The molecule has 3 aromatic rings. The fraction of sp³-hybridized carbons (Fsp3) is 0.176. The van der Waals surface area contributed by atoms with E-state index in [-0.39, 0.29) is 10.6 Å². The van der Waals surface area contributed by atoms with Crippen LogP contribution in [0.5, 0.6) is 0 Å².